The van der Waals surface area contributed by atoms with Gasteiger partial charge in [0.25, 0.3) is 0 Å². The zero-order chi connectivity index (χ0) is 10.8. The van der Waals surface area contributed by atoms with Gasteiger partial charge < -0.3 is 0 Å². The highest BCUT2D eigenvalue weighted by Crippen LogP contribution is 2.19. The van der Waals surface area contributed by atoms with Gasteiger partial charge in [-0.15, -0.1) is 0 Å². The summed E-state index contributed by atoms with van der Waals surface area (Å²) in [7, 11) is 0. The molecule has 0 aliphatic rings. The maximum atomic E-state index is 11.8. The van der Waals surface area contributed by atoms with Crippen LogP contribution in [0.15, 0.2) is 44.2 Å². The summed E-state index contributed by atoms with van der Waals surface area (Å²) in [6.07, 6.45) is 0. The number of halogens is 2. The number of nitrogens with zero attached hydrogens (tertiary/aromatic N) is 1. The van der Waals surface area contributed by atoms with Crippen LogP contribution in [-0.4, -0.2) is 10.2 Å². The van der Waals surface area contributed by atoms with Crippen LogP contribution in [0.25, 0.3) is 11.3 Å². The van der Waals surface area contributed by atoms with Gasteiger partial charge in [-0.05, 0) is 31.9 Å². The molecule has 0 unspecified atom stereocenters. The zero-order valence-electron chi connectivity index (χ0n) is 7.50. The highest BCUT2D eigenvalue weighted by atomic mass is 79.9. The number of benzene rings is 1. The summed E-state index contributed by atoms with van der Waals surface area (Å²) in [5, 5.41) is 6.72. The summed E-state index contributed by atoms with van der Waals surface area (Å²) in [5.74, 6) is 0. The zero-order valence-corrected chi connectivity index (χ0v) is 10.7. The molecule has 0 amide bonds. The van der Waals surface area contributed by atoms with Gasteiger partial charge in [-0.1, -0.05) is 30.3 Å². The number of nitrogens with one attached hydrogen (secondary N) is 1. The van der Waals surface area contributed by atoms with E-state index in [1.54, 1.807) is 0 Å². The van der Waals surface area contributed by atoms with E-state index in [0.717, 1.165) is 5.56 Å². The third-order valence-electron chi connectivity index (χ3n) is 1.92. The molecular formula is C10H6Br2N2O. The third-order valence-corrected chi connectivity index (χ3v) is 3.78. The minimum absolute atomic E-state index is 0.133. The molecule has 2 aromatic rings. The number of rotatable bonds is 1. The molecule has 0 saturated carbocycles. The molecule has 1 heterocycles. The summed E-state index contributed by atoms with van der Waals surface area (Å²) in [4.78, 5) is 11.8. The quantitative estimate of drug-likeness (QED) is 0.874. The van der Waals surface area contributed by atoms with Crippen LogP contribution in [0, 0.1) is 0 Å². The van der Waals surface area contributed by atoms with E-state index in [0.29, 0.717) is 14.8 Å². The van der Waals surface area contributed by atoms with Crippen molar-refractivity contribution >= 4 is 31.9 Å². The molecule has 1 N–H and O–H groups in total. The third kappa shape index (κ3) is 2.03. The van der Waals surface area contributed by atoms with Gasteiger partial charge in [0.05, 0.1) is 4.47 Å². The lowest BCUT2D eigenvalue weighted by atomic mass is 10.1. The normalized spacial score (nSPS) is 10.3. The molecule has 0 bridgehead atoms. The van der Waals surface area contributed by atoms with Crippen LogP contribution in [-0.2, 0) is 0 Å². The lowest BCUT2D eigenvalue weighted by molar-refractivity contribution is 0.989. The van der Waals surface area contributed by atoms with Crippen LogP contribution in [0.2, 0.25) is 0 Å². The standard InChI is InChI=1S/C10H6Br2N2O/c11-7-9(15)8(13-14-10(7)12)6-4-2-1-3-5-6/h1-5H,(H,14,15). The molecule has 0 saturated heterocycles. The molecule has 0 atom stereocenters. The summed E-state index contributed by atoms with van der Waals surface area (Å²) in [6, 6.07) is 9.32. The van der Waals surface area contributed by atoms with Crippen molar-refractivity contribution in [2.24, 2.45) is 0 Å². The van der Waals surface area contributed by atoms with Gasteiger partial charge in [0, 0.05) is 5.56 Å². The molecule has 76 valence electrons. The van der Waals surface area contributed by atoms with Crippen LogP contribution >= 0.6 is 31.9 Å². The van der Waals surface area contributed by atoms with E-state index >= 15 is 0 Å². The first-order valence-electron chi connectivity index (χ1n) is 4.19. The minimum atomic E-state index is -0.133. The molecule has 2 rings (SSSR count). The van der Waals surface area contributed by atoms with Crippen molar-refractivity contribution in [1.82, 2.24) is 10.2 Å². The molecule has 1 aromatic carbocycles. The molecule has 0 fully saturated rings. The number of hydrogen-bond acceptors (Lipinski definition) is 2. The Morgan fingerprint density at radius 3 is 2.47 bits per heavy atom. The van der Waals surface area contributed by atoms with Gasteiger partial charge >= 0.3 is 0 Å². The van der Waals surface area contributed by atoms with E-state index in [-0.39, 0.29) is 5.43 Å². The Morgan fingerprint density at radius 1 is 1.13 bits per heavy atom. The fourth-order valence-electron chi connectivity index (χ4n) is 1.20. The highest BCUT2D eigenvalue weighted by Gasteiger charge is 2.10. The number of aromatic nitrogens is 2. The Morgan fingerprint density at radius 2 is 1.80 bits per heavy atom. The summed E-state index contributed by atoms with van der Waals surface area (Å²) in [6.45, 7) is 0. The second kappa shape index (κ2) is 4.28. The summed E-state index contributed by atoms with van der Waals surface area (Å²) in [5.41, 5.74) is 1.07. The fraction of sp³-hybridized carbons (Fsp3) is 0. The SMILES string of the molecule is O=c1c(-c2ccccc2)n[nH]c(Br)c1Br. The van der Waals surface area contributed by atoms with E-state index in [2.05, 4.69) is 42.1 Å². The van der Waals surface area contributed by atoms with Crippen molar-refractivity contribution < 1.29 is 0 Å². The largest absolute Gasteiger partial charge is 0.286 e. The maximum Gasteiger partial charge on any atom is 0.223 e. The van der Waals surface area contributed by atoms with E-state index < -0.39 is 0 Å². The van der Waals surface area contributed by atoms with E-state index in [1.807, 2.05) is 30.3 Å². The first-order chi connectivity index (χ1) is 7.20. The summed E-state index contributed by atoms with van der Waals surface area (Å²) < 4.78 is 1.00. The van der Waals surface area contributed by atoms with Crippen molar-refractivity contribution in [3.05, 3.63) is 49.6 Å². The average molecular weight is 330 g/mol. The lowest BCUT2D eigenvalue weighted by Crippen LogP contribution is -2.10. The summed E-state index contributed by atoms with van der Waals surface area (Å²) >= 11 is 6.38. The molecule has 0 spiro atoms. The topological polar surface area (TPSA) is 45.8 Å². The molecule has 5 heteroatoms. The van der Waals surface area contributed by atoms with Gasteiger partial charge in [-0.25, -0.2) is 0 Å². The highest BCUT2D eigenvalue weighted by molar-refractivity contribution is 9.13. The average Bonchev–Trinajstić information content (AvgIpc) is 2.27. The Labute approximate surface area is 103 Å². The second-order valence-corrected chi connectivity index (χ2v) is 4.48. The molecule has 1 aromatic heterocycles. The van der Waals surface area contributed by atoms with E-state index in [9.17, 15) is 4.79 Å². The van der Waals surface area contributed by atoms with Gasteiger partial charge in [0.2, 0.25) is 5.43 Å². The molecule has 0 radical (unpaired) electrons. The molecule has 3 nitrogen and oxygen atoms in total. The van der Waals surface area contributed by atoms with Crippen molar-refractivity contribution in [1.29, 1.82) is 0 Å². The van der Waals surface area contributed by atoms with Crippen molar-refractivity contribution in [3.8, 4) is 11.3 Å². The molecule has 0 aliphatic carbocycles. The first kappa shape index (κ1) is 10.6. The van der Waals surface area contributed by atoms with Crippen molar-refractivity contribution in [3.63, 3.8) is 0 Å². The van der Waals surface area contributed by atoms with Crippen LogP contribution in [0.5, 0.6) is 0 Å². The number of hydrogen-bond donors (Lipinski definition) is 1. The van der Waals surface area contributed by atoms with Gasteiger partial charge in [-0.2, -0.15) is 5.10 Å². The Kier molecular flexibility index (Phi) is 3.02. The van der Waals surface area contributed by atoms with E-state index in [4.69, 9.17) is 0 Å². The lowest BCUT2D eigenvalue weighted by Gasteiger charge is -2.01. The van der Waals surface area contributed by atoms with Crippen LogP contribution in [0.3, 0.4) is 0 Å². The molecule has 0 aliphatic heterocycles. The Balaban J connectivity index is 2.66. The van der Waals surface area contributed by atoms with Gasteiger partial charge in [-0.3, -0.25) is 9.89 Å². The predicted octanol–water partition coefficient (Wildman–Crippen LogP) is 2.96. The van der Waals surface area contributed by atoms with Crippen molar-refractivity contribution in [2.75, 3.05) is 0 Å². The van der Waals surface area contributed by atoms with E-state index in [1.165, 1.54) is 0 Å². The van der Waals surface area contributed by atoms with Gasteiger partial charge in [0.1, 0.15) is 10.3 Å². The monoisotopic (exact) mass is 328 g/mol. The van der Waals surface area contributed by atoms with Crippen LogP contribution < -0.4 is 5.43 Å². The van der Waals surface area contributed by atoms with Crippen molar-refractivity contribution in [2.45, 2.75) is 0 Å². The number of aromatic amines is 1. The van der Waals surface area contributed by atoms with Gasteiger partial charge in [0.15, 0.2) is 0 Å². The van der Waals surface area contributed by atoms with Crippen LogP contribution in [0.1, 0.15) is 0 Å². The van der Waals surface area contributed by atoms with Crippen LogP contribution in [0.4, 0.5) is 0 Å². The number of H-pyrrole nitrogens is 1. The first-order valence-corrected chi connectivity index (χ1v) is 5.78. The molecular weight excluding hydrogens is 324 g/mol. The molecule has 15 heavy (non-hydrogen) atoms. The second-order valence-electron chi connectivity index (χ2n) is 2.90. The Hall–Kier alpha value is -0.940. The maximum absolute atomic E-state index is 11.8. The smallest absolute Gasteiger partial charge is 0.223 e. The Bertz CT molecular complexity index is 537. The minimum Gasteiger partial charge on any atom is -0.286 e. The fourth-order valence-corrected chi connectivity index (χ4v) is 1.75. The predicted molar refractivity (Wildman–Crippen MR) is 65.7 cm³/mol.